The quantitative estimate of drug-likeness (QED) is 0.814. The number of benzene rings is 1. The van der Waals surface area contributed by atoms with Gasteiger partial charge in [-0.2, -0.15) is 0 Å². The number of carbonyl (C=O) groups is 1. The van der Waals surface area contributed by atoms with Crippen molar-refractivity contribution in [1.29, 1.82) is 0 Å². The predicted octanol–water partition coefficient (Wildman–Crippen LogP) is 3.30. The highest BCUT2D eigenvalue weighted by Crippen LogP contribution is 2.35. The number of nitrogens with zero attached hydrogens (tertiary/aromatic N) is 3. The van der Waals surface area contributed by atoms with Gasteiger partial charge in [-0.15, -0.1) is 10.2 Å². The monoisotopic (exact) mass is 319 g/mol. The molecule has 0 saturated heterocycles. The van der Waals surface area contributed by atoms with E-state index in [1.807, 2.05) is 36.9 Å². The van der Waals surface area contributed by atoms with Gasteiger partial charge in [0.15, 0.2) is 4.34 Å². The Balaban J connectivity index is 1.78. The first kappa shape index (κ1) is 14.5. The van der Waals surface area contributed by atoms with E-state index in [2.05, 4.69) is 23.2 Å². The van der Waals surface area contributed by atoms with Gasteiger partial charge in [-0.3, -0.25) is 4.79 Å². The summed E-state index contributed by atoms with van der Waals surface area (Å²) in [7, 11) is 0. The molecule has 2 atom stereocenters. The second-order valence-corrected chi connectivity index (χ2v) is 8.01. The lowest BCUT2D eigenvalue weighted by Gasteiger charge is -2.25. The standard InChI is InChI=1S/C15H17N3OS2/c1-9-8-12-6-4-5-7-13(12)18(9)14(19)10(2)20-15-17-16-11(3)21-15/h4-7,9-10H,8H2,1-3H3/t9-,10-/m0/s1. The van der Waals surface area contributed by atoms with Crippen molar-refractivity contribution < 1.29 is 4.79 Å². The SMILES string of the molecule is Cc1nnc(S[C@@H](C)C(=O)N2c3ccccc3C[C@@H]2C)s1. The molecular weight excluding hydrogens is 302 g/mol. The third-order valence-corrected chi connectivity index (χ3v) is 5.59. The van der Waals surface area contributed by atoms with E-state index in [1.165, 1.54) is 28.7 Å². The van der Waals surface area contributed by atoms with Crippen molar-refractivity contribution in [3.05, 3.63) is 34.8 Å². The summed E-state index contributed by atoms with van der Waals surface area (Å²) in [5.74, 6) is 0.144. The molecule has 21 heavy (non-hydrogen) atoms. The lowest BCUT2D eigenvalue weighted by atomic mass is 10.1. The van der Waals surface area contributed by atoms with Crippen molar-refractivity contribution in [1.82, 2.24) is 10.2 Å². The van der Waals surface area contributed by atoms with Crippen LogP contribution in [0.4, 0.5) is 5.69 Å². The van der Waals surface area contributed by atoms with E-state index in [0.717, 1.165) is 21.5 Å². The lowest BCUT2D eigenvalue weighted by molar-refractivity contribution is -0.118. The summed E-state index contributed by atoms with van der Waals surface area (Å²) in [4.78, 5) is 14.7. The summed E-state index contributed by atoms with van der Waals surface area (Å²) in [5.41, 5.74) is 2.30. The van der Waals surface area contributed by atoms with Crippen LogP contribution in [0.25, 0.3) is 0 Å². The number of para-hydroxylation sites is 1. The molecule has 4 nitrogen and oxygen atoms in total. The Bertz CT molecular complexity index is 670. The lowest BCUT2D eigenvalue weighted by Crippen LogP contribution is -2.40. The molecule has 2 heterocycles. The molecule has 0 aliphatic carbocycles. The van der Waals surface area contributed by atoms with Crippen LogP contribution in [0.2, 0.25) is 0 Å². The molecule has 1 aromatic carbocycles. The molecule has 1 amide bonds. The van der Waals surface area contributed by atoms with Crippen molar-refractivity contribution in [2.45, 2.75) is 42.8 Å². The summed E-state index contributed by atoms with van der Waals surface area (Å²) in [6, 6.07) is 8.37. The van der Waals surface area contributed by atoms with Crippen LogP contribution in [0.1, 0.15) is 24.4 Å². The van der Waals surface area contributed by atoms with Crippen LogP contribution >= 0.6 is 23.1 Å². The Hall–Kier alpha value is -1.40. The summed E-state index contributed by atoms with van der Waals surface area (Å²) in [5, 5.41) is 8.86. The van der Waals surface area contributed by atoms with Gasteiger partial charge in [0.2, 0.25) is 5.91 Å². The Morgan fingerprint density at radius 1 is 1.43 bits per heavy atom. The molecule has 0 bridgehead atoms. The molecule has 0 N–H and O–H groups in total. The third kappa shape index (κ3) is 2.82. The van der Waals surface area contributed by atoms with E-state index in [4.69, 9.17) is 0 Å². The molecule has 0 saturated carbocycles. The number of aryl methyl sites for hydroxylation is 1. The minimum Gasteiger partial charge on any atom is -0.308 e. The number of anilines is 1. The van der Waals surface area contributed by atoms with E-state index in [9.17, 15) is 4.79 Å². The molecule has 0 unspecified atom stereocenters. The number of carbonyl (C=O) groups excluding carboxylic acids is 1. The highest BCUT2D eigenvalue weighted by Gasteiger charge is 2.33. The number of rotatable bonds is 3. The van der Waals surface area contributed by atoms with Crippen LogP contribution in [0.5, 0.6) is 0 Å². The van der Waals surface area contributed by atoms with Gasteiger partial charge in [-0.25, -0.2) is 0 Å². The van der Waals surface area contributed by atoms with Gasteiger partial charge in [-0.1, -0.05) is 41.3 Å². The number of thioether (sulfide) groups is 1. The number of hydrogen-bond donors (Lipinski definition) is 0. The molecule has 0 fully saturated rings. The fourth-order valence-electron chi connectivity index (χ4n) is 2.62. The van der Waals surface area contributed by atoms with Gasteiger partial charge in [0.25, 0.3) is 0 Å². The zero-order valence-corrected chi connectivity index (χ0v) is 13.9. The zero-order chi connectivity index (χ0) is 15.0. The predicted molar refractivity (Wildman–Crippen MR) is 87.1 cm³/mol. The number of amides is 1. The van der Waals surface area contributed by atoms with Crippen molar-refractivity contribution in [2.75, 3.05) is 4.90 Å². The van der Waals surface area contributed by atoms with E-state index >= 15 is 0 Å². The molecule has 6 heteroatoms. The first-order chi connectivity index (χ1) is 10.1. The highest BCUT2D eigenvalue weighted by molar-refractivity contribution is 8.02. The van der Waals surface area contributed by atoms with Gasteiger partial charge < -0.3 is 4.90 Å². The van der Waals surface area contributed by atoms with Crippen molar-refractivity contribution in [2.24, 2.45) is 0 Å². The minimum absolute atomic E-state index is 0.144. The molecule has 110 valence electrons. The molecular formula is C15H17N3OS2. The van der Waals surface area contributed by atoms with Gasteiger partial charge in [0, 0.05) is 11.7 Å². The molecule has 0 radical (unpaired) electrons. The molecule has 2 aromatic rings. The van der Waals surface area contributed by atoms with E-state index in [-0.39, 0.29) is 17.2 Å². The number of aromatic nitrogens is 2. The maximum absolute atomic E-state index is 12.8. The Morgan fingerprint density at radius 3 is 2.90 bits per heavy atom. The maximum Gasteiger partial charge on any atom is 0.240 e. The fraction of sp³-hybridized carbons (Fsp3) is 0.400. The Morgan fingerprint density at radius 2 is 2.19 bits per heavy atom. The summed E-state index contributed by atoms with van der Waals surface area (Å²) >= 11 is 3.02. The molecule has 0 spiro atoms. The van der Waals surface area contributed by atoms with Crippen LogP contribution in [0.15, 0.2) is 28.6 Å². The second kappa shape index (κ2) is 5.77. The molecule has 1 aliphatic heterocycles. The van der Waals surface area contributed by atoms with Crippen molar-refractivity contribution >= 4 is 34.7 Å². The van der Waals surface area contributed by atoms with Crippen molar-refractivity contribution in [3.63, 3.8) is 0 Å². The van der Waals surface area contributed by atoms with E-state index in [0.29, 0.717) is 0 Å². The van der Waals surface area contributed by atoms with Crippen LogP contribution in [0, 0.1) is 6.92 Å². The van der Waals surface area contributed by atoms with Gasteiger partial charge in [0.1, 0.15) is 5.01 Å². The number of fused-ring (bicyclic) bond motifs is 1. The first-order valence-corrected chi connectivity index (χ1v) is 8.63. The molecule has 3 rings (SSSR count). The topological polar surface area (TPSA) is 46.1 Å². The van der Waals surface area contributed by atoms with Crippen LogP contribution < -0.4 is 4.90 Å². The summed E-state index contributed by atoms with van der Waals surface area (Å²) in [6.45, 7) is 5.97. The summed E-state index contributed by atoms with van der Waals surface area (Å²) in [6.07, 6.45) is 0.928. The van der Waals surface area contributed by atoms with Crippen molar-refractivity contribution in [3.8, 4) is 0 Å². The Kier molecular flexibility index (Phi) is 3.99. The van der Waals surface area contributed by atoms with Crippen LogP contribution in [-0.4, -0.2) is 27.4 Å². The largest absolute Gasteiger partial charge is 0.308 e. The van der Waals surface area contributed by atoms with Gasteiger partial charge in [-0.05, 0) is 38.8 Å². The fourth-order valence-corrected chi connectivity index (χ4v) is 4.63. The highest BCUT2D eigenvalue weighted by atomic mass is 32.2. The smallest absolute Gasteiger partial charge is 0.240 e. The third-order valence-electron chi connectivity index (χ3n) is 3.58. The van der Waals surface area contributed by atoms with E-state index < -0.39 is 0 Å². The van der Waals surface area contributed by atoms with E-state index in [1.54, 1.807) is 0 Å². The van der Waals surface area contributed by atoms with Gasteiger partial charge >= 0.3 is 0 Å². The van der Waals surface area contributed by atoms with Crippen LogP contribution in [-0.2, 0) is 11.2 Å². The molecule has 1 aliphatic rings. The molecule has 1 aromatic heterocycles. The number of hydrogen-bond acceptors (Lipinski definition) is 5. The zero-order valence-electron chi connectivity index (χ0n) is 12.2. The average Bonchev–Trinajstić information content (AvgIpc) is 3.00. The summed E-state index contributed by atoms with van der Waals surface area (Å²) < 4.78 is 0.855. The maximum atomic E-state index is 12.8. The minimum atomic E-state index is -0.161. The second-order valence-electron chi connectivity index (χ2n) is 5.24. The van der Waals surface area contributed by atoms with Crippen LogP contribution in [0.3, 0.4) is 0 Å². The normalized spacial score (nSPS) is 18.6. The average molecular weight is 319 g/mol. The Labute approximate surface area is 132 Å². The first-order valence-electron chi connectivity index (χ1n) is 6.94. The van der Waals surface area contributed by atoms with Gasteiger partial charge in [0.05, 0.1) is 5.25 Å².